The van der Waals surface area contributed by atoms with E-state index in [1.54, 1.807) is 14.0 Å². The fourth-order valence-electron chi connectivity index (χ4n) is 6.76. The Balaban J connectivity index is 1.27. The summed E-state index contributed by atoms with van der Waals surface area (Å²) in [5.74, 6) is -3.03. The van der Waals surface area contributed by atoms with E-state index in [1.165, 1.54) is 11.9 Å². The topological polar surface area (TPSA) is 142 Å². The molecule has 0 bridgehead atoms. The molecule has 1 aliphatic carbocycles. The van der Waals surface area contributed by atoms with Crippen LogP contribution in [0.25, 0.3) is 11.0 Å². The summed E-state index contributed by atoms with van der Waals surface area (Å²) in [5, 5.41) is 1.04. The number of likely N-dealkylation sites (N-methyl/N-ethyl adjacent to an activating group) is 1. The number of piperazine rings is 1. The van der Waals surface area contributed by atoms with Crippen LogP contribution < -0.4 is 20.0 Å². The standard InChI is InChI=1S/C34H41ClFN5O8S/c1-6-48-29-14-23(27(36)13-24(29)32(42)37-50(45,46)39(4)20-7-8-20)33(43)41-10-9-22-25(17-41)34(44)49-31-19(2)28(15-26(35)30(22)31)40-12-11-38(3)21(16-40)18-47-5/h13-15,20-21H,6-12,16-18H2,1-5H3,(H,37,42)/t21-/m1/s1. The summed E-state index contributed by atoms with van der Waals surface area (Å²) in [7, 11) is 0.919. The van der Waals surface area contributed by atoms with E-state index in [0.29, 0.717) is 47.5 Å². The number of fused-ring (bicyclic) bond motifs is 3. The van der Waals surface area contributed by atoms with Crippen molar-refractivity contribution in [2.24, 2.45) is 0 Å². The molecule has 13 nitrogen and oxygen atoms in total. The second-order valence-electron chi connectivity index (χ2n) is 13.0. The number of hydrogen-bond acceptors (Lipinski definition) is 10. The molecule has 3 aromatic rings. The van der Waals surface area contributed by atoms with Crippen LogP contribution in [0.4, 0.5) is 10.1 Å². The second-order valence-corrected chi connectivity index (χ2v) is 15.1. The summed E-state index contributed by atoms with van der Waals surface area (Å²) in [4.78, 5) is 46.0. The normalized spacial score (nSPS) is 18.4. The van der Waals surface area contributed by atoms with Gasteiger partial charge in [-0.25, -0.2) is 13.9 Å². The van der Waals surface area contributed by atoms with Crippen LogP contribution in [0, 0.1) is 12.7 Å². The highest BCUT2D eigenvalue weighted by molar-refractivity contribution is 7.87. The van der Waals surface area contributed by atoms with Gasteiger partial charge in [-0.05, 0) is 63.9 Å². The third-order valence-corrected chi connectivity index (χ3v) is 11.6. The van der Waals surface area contributed by atoms with Crippen LogP contribution in [0.1, 0.15) is 57.2 Å². The van der Waals surface area contributed by atoms with E-state index in [0.717, 1.165) is 40.8 Å². The van der Waals surface area contributed by atoms with Gasteiger partial charge in [-0.1, -0.05) is 11.6 Å². The van der Waals surface area contributed by atoms with Gasteiger partial charge in [0.25, 0.3) is 11.8 Å². The number of aryl methyl sites for hydroxylation is 1. The van der Waals surface area contributed by atoms with Crippen LogP contribution in [-0.2, 0) is 27.9 Å². The first kappa shape index (κ1) is 36.0. The Hall–Kier alpha value is -3.76. The summed E-state index contributed by atoms with van der Waals surface area (Å²) in [5.41, 5.74) is 1.59. The molecule has 2 amide bonds. The largest absolute Gasteiger partial charge is 0.493 e. The van der Waals surface area contributed by atoms with Crippen LogP contribution in [0.3, 0.4) is 0 Å². The molecule has 2 aromatic carbocycles. The van der Waals surface area contributed by atoms with Gasteiger partial charge in [0, 0.05) is 63.0 Å². The van der Waals surface area contributed by atoms with E-state index in [-0.39, 0.29) is 55.1 Å². The van der Waals surface area contributed by atoms with E-state index in [1.807, 2.05) is 17.7 Å². The average Bonchev–Trinajstić information content (AvgIpc) is 3.93. The number of carbonyl (C=O) groups excluding carboxylic acids is 2. The summed E-state index contributed by atoms with van der Waals surface area (Å²) < 4.78 is 60.8. The van der Waals surface area contributed by atoms with Gasteiger partial charge in [-0.2, -0.15) is 12.7 Å². The van der Waals surface area contributed by atoms with Gasteiger partial charge in [0.05, 0.1) is 47.5 Å². The number of anilines is 1. The molecular weight excluding hydrogens is 693 g/mol. The molecule has 6 rings (SSSR count). The molecule has 0 unspecified atom stereocenters. The summed E-state index contributed by atoms with van der Waals surface area (Å²) >= 11 is 6.91. The highest BCUT2D eigenvalue weighted by Gasteiger charge is 2.36. The first-order valence-corrected chi connectivity index (χ1v) is 18.3. The Kier molecular flexibility index (Phi) is 10.2. The molecule has 2 fully saturated rings. The van der Waals surface area contributed by atoms with Crippen molar-refractivity contribution in [2.45, 2.75) is 51.7 Å². The Morgan fingerprint density at radius 2 is 1.88 bits per heavy atom. The summed E-state index contributed by atoms with van der Waals surface area (Å²) in [6.07, 6.45) is 1.63. The lowest BCUT2D eigenvalue weighted by atomic mass is 9.94. The molecule has 1 atom stereocenters. The number of benzene rings is 2. The number of ether oxygens (including phenoxy) is 2. The van der Waals surface area contributed by atoms with Crippen LogP contribution in [0.5, 0.6) is 5.75 Å². The molecule has 0 spiro atoms. The van der Waals surface area contributed by atoms with Gasteiger partial charge >= 0.3 is 15.8 Å². The lowest BCUT2D eigenvalue weighted by molar-refractivity contribution is 0.0727. The van der Waals surface area contributed by atoms with Gasteiger partial charge in [0.1, 0.15) is 17.1 Å². The molecule has 270 valence electrons. The molecule has 1 saturated carbocycles. The van der Waals surface area contributed by atoms with Crippen LogP contribution >= 0.6 is 11.6 Å². The zero-order valence-corrected chi connectivity index (χ0v) is 30.2. The zero-order chi connectivity index (χ0) is 36.1. The molecule has 3 heterocycles. The number of nitrogens with zero attached hydrogens (tertiary/aromatic N) is 4. The maximum atomic E-state index is 15.6. The molecule has 50 heavy (non-hydrogen) atoms. The molecule has 1 saturated heterocycles. The second kappa shape index (κ2) is 14.1. The predicted molar refractivity (Wildman–Crippen MR) is 186 cm³/mol. The van der Waals surface area contributed by atoms with Gasteiger partial charge in [0.15, 0.2) is 0 Å². The fourth-order valence-corrected chi connectivity index (χ4v) is 8.15. The van der Waals surface area contributed by atoms with Crippen molar-refractivity contribution in [3.05, 3.63) is 67.3 Å². The Morgan fingerprint density at radius 1 is 1.14 bits per heavy atom. The monoisotopic (exact) mass is 733 g/mol. The minimum atomic E-state index is -4.18. The number of amides is 2. The first-order valence-electron chi connectivity index (χ1n) is 16.5. The molecule has 0 radical (unpaired) electrons. The minimum absolute atomic E-state index is 0.0594. The minimum Gasteiger partial charge on any atom is -0.493 e. The quantitative estimate of drug-likeness (QED) is 0.309. The smallest absolute Gasteiger partial charge is 0.341 e. The van der Waals surface area contributed by atoms with Crippen molar-refractivity contribution in [3.8, 4) is 5.75 Å². The number of carbonyl (C=O) groups is 2. The van der Waals surface area contributed by atoms with Crippen molar-refractivity contribution in [1.29, 1.82) is 0 Å². The molecule has 2 aliphatic heterocycles. The van der Waals surface area contributed by atoms with Crippen molar-refractivity contribution in [2.75, 3.05) is 65.5 Å². The zero-order valence-electron chi connectivity index (χ0n) is 28.7. The van der Waals surface area contributed by atoms with Crippen LogP contribution in [-0.4, -0.2) is 107 Å². The number of hydrogen-bond donors (Lipinski definition) is 1. The Bertz CT molecular complexity index is 2020. The molecular formula is C34H41ClFN5O8S. The SMILES string of the molecule is CCOc1cc(C(=O)N2CCc3c(c(=O)oc4c(C)c(N5CCN(C)[C@@H](COC)C5)cc(Cl)c34)C2)c(F)cc1C(=O)NS(=O)(=O)N(C)C1CC1. The maximum Gasteiger partial charge on any atom is 0.341 e. The van der Waals surface area contributed by atoms with E-state index in [4.69, 9.17) is 25.5 Å². The fraction of sp³-hybridized carbons (Fsp3) is 0.500. The molecule has 1 N–H and O–H groups in total. The predicted octanol–water partition coefficient (Wildman–Crippen LogP) is 3.33. The van der Waals surface area contributed by atoms with Crippen molar-refractivity contribution < 1.29 is 36.3 Å². The summed E-state index contributed by atoms with van der Waals surface area (Å²) in [6.45, 7) is 6.45. The Morgan fingerprint density at radius 3 is 2.56 bits per heavy atom. The third-order valence-electron chi connectivity index (χ3n) is 9.81. The van der Waals surface area contributed by atoms with E-state index >= 15 is 4.39 Å². The Labute approximate surface area is 295 Å². The number of halogens is 2. The van der Waals surface area contributed by atoms with Gasteiger partial charge in [-0.3, -0.25) is 14.5 Å². The van der Waals surface area contributed by atoms with Gasteiger partial charge < -0.3 is 23.7 Å². The van der Waals surface area contributed by atoms with Crippen LogP contribution in [0.2, 0.25) is 5.02 Å². The average molecular weight is 734 g/mol. The first-order chi connectivity index (χ1) is 23.7. The third kappa shape index (κ3) is 6.81. The lowest BCUT2D eigenvalue weighted by Gasteiger charge is -2.41. The summed E-state index contributed by atoms with van der Waals surface area (Å²) in [6, 6.07) is 3.75. The molecule has 16 heteroatoms. The van der Waals surface area contributed by atoms with Gasteiger partial charge in [0.2, 0.25) is 0 Å². The number of nitrogens with one attached hydrogen (secondary N) is 1. The number of rotatable bonds is 10. The van der Waals surface area contributed by atoms with E-state index in [9.17, 15) is 22.8 Å². The van der Waals surface area contributed by atoms with E-state index < -0.39 is 39.0 Å². The van der Waals surface area contributed by atoms with Crippen molar-refractivity contribution >= 4 is 50.3 Å². The van der Waals surface area contributed by atoms with Crippen LogP contribution in [0.15, 0.2) is 27.4 Å². The van der Waals surface area contributed by atoms with Crippen molar-refractivity contribution in [3.63, 3.8) is 0 Å². The highest BCUT2D eigenvalue weighted by atomic mass is 35.5. The van der Waals surface area contributed by atoms with E-state index in [2.05, 4.69) is 16.8 Å². The lowest BCUT2D eigenvalue weighted by Crippen LogP contribution is -2.53. The molecule has 1 aromatic heterocycles. The maximum absolute atomic E-state index is 15.6. The molecule has 3 aliphatic rings. The number of methoxy groups -OCH3 is 1. The van der Waals surface area contributed by atoms with Crippen molar-refractivity contribution in [1.82, 2.24) is 18.8 Å². The van der Waals surface area contributed by atoms with Gasteiger partial charge in [-0.15, -0.1) is 0 Å². The highest BCUT2D eigenvalue weighted by Crippen LogP contribution is 2.39.